The molecule has 0 saturated heterocycles. The van der Waals surface area contributed by atoms with Gasteiger partial charge in [0.1, 0.15) is 5.82 Å². The van der Waals surface area contributed by atoms with E-state index < -0.39 is 0 Å². The number of aromatic nitrogens is 2. The Kier molecular flexibility index (Phi) is 7.20. The molecule has 0 unspecified atom stereocenters. The number of imidazole rings is 1. The van der Waals surface area contributed by atoms with Crippen molar-refractivity contribution >= 4 is 40.1 Å². The summed E-state index contributed by atoms with van der Waals surface area (Å²) in [6.45, 7) is 8.38. The molecule has 0 saturated carbocycles. The van der Waals surface area contributed by atoms with Crippen molar-refractivity contribution in [3.05, 3.63) is 63.9 Å². The zero-order valence-electron chi connectivity index (χ0n) is 17.2. The van der Waals surface area contributed by atoms with E-state index in [4.69, 9.17) is 28.2 Å². The van der Waals surface area contributed by atoms with Crippen molar-refractivity contribution in [2.24, 2.45) is 5.92 Å². The molecule has 0 atom stereocenters. The molecule has 0 fully saturated rings. The highest BCUT2D eigenvalue weighted by Crippen LogP contribution is 2.24. The smallest absolute Gasteiger partial charge is 0.255 e. The van der Waals surface area contributed by atoms with Gasteiger partial charge in [-0.1, -0.05) is 56.1 Å². The van der Waals surface area contributed by atoms with Crippen LogP contribution in [-0.4, -0.2) is 26.9 Å². The van der Waals surface area contributed by atoms with E-state index in [2.05, 4.69) is 31.4 Å². The highest BCUT2D eigenvalue weighted by Gasteiger charge is 2.22. The van der Waals surface area contributed by atoms with Gasteiger partial charge in [0.2, 0.25) is 0 Å². The highest BCUT2D eigenvalue weighted by molar-refractivity contribution is 6.35. The van der Waals surface area contributed by atoms with Gasteiger partial charge in [0, 0.05) is 18.1 Å². The van der Waals surface area contributed by atoms with Gasteiger partial charge in [-0.15, -0.1) is 0 Å². The first-order valence-corrected chi connectivity index (χ1v) is 10.8. The summed E-state index contributed by atoms with van der Waals surface area (Å²) in [6.07, 6.45) is 1.89. The van der Waals surface area contributed by atoms with Gasteiger partial charge in [0.15, 0.2) is 0 Å². The van der Waals surface area contributed by atoms with Gasteiger partial charge in [-0.25, -0.2) is 4.98 Å². The molecule has 1 aromatic heterocycles. The molecule has 6 heteroatoms. The molecule has 0 aliphatic heterocycles. The average molecular weight is 432 g/mol. The van der Waals surface area contributed by atoms with Crippen molar-refractivity contribution < 1.29 is 4.79 Å². The second kappa shape index (κ2) is 9.64. The third-order valence-corrected chi connectivity index (χ3v) is 5.50. The van der Waals surface area contributed by atoms with Crippen molar-refractivity contribution in [2.75, 3.05) is 6.54 Å². The molecule has 1 amide bonds. The number of halogens is 2. The molecule has 4 nitrogen and oxygen atoms in total. The molecule has 0 bridgehead atoms. The number of hydrogen-bond donors (Lipinski definition) is 0. The first-order chi connectivity index (χ1) is 13.9. The van der Waals surface area contributed by atoms with Crippen molar-refractivity contribution in [2.45, 2.75) is 46.7 Å². The fourth-order valence-corrected chi connectivity index (χ4v) is 3.76. The summed E-state index contributed by atoms with van der Waals surface area (Å²) < 4.78 is 2.21. The largest absolute Gasteiger partial charge is 0.331 e. The standard InChI is InChI=1S/C23H27Cl2N3O/c1-4-12-28-21-8-6-5-7-20(21)26-22(28)15-27(13-11-16(2)3)23(29)18-14-17(24)9-10-19(18)25/h5-10,14,16H,4,11-13,15H2,1-3H3. The Morgan fingerprint density at radius 3 is 2.66 bits per heavy atom. The lowest BCUT2D eigenvalue weighted by atomic mass is 10.1. The van der Waals surface area contributed by atoms with Gasteiger partial charge in [-0.3, -0.25) is 4.79 Å². The van der Waals surface area contributed by atoms with E-state index in [0.717, 1.165) is 36.2 Å². The van der Waals surface area contributed by atoms with E-state index in [1.165, 1.54) is 0 Å². The summed E-state index contributed by atoms with van der Waals surface area (Å²) in [5.41, 5.74) is 2.48. The molecular weight excluding hydrogens is 405 g/mol. The first-order valence-electron chi connectivity index (χ1n) is 10.1. The maximum atomic E-state index is 13.4. The van der Waals surface area contributed by atoms with Crippen LogP contribution in [0.2, 0.25) is 10.0 Å². The minimum atomic E-state index is -0.117. The van der Waals surface area contributed by atoms with Gasteiger partial charge in [-0.05, 0) is 49.1 Å². The van der Waals surface area contributed by atoms with E-state index >= 15 is 0 Å². The third-order valence-electron chi connectivity index (χ3n) is 4.94. The van der Waals surface area contributed by atoms with E-state index in [1.807, 2.05) is 23.1 Å². The van der Waals surface area contributed by atoms with Crippen LogP contribution in [0.15, 0.2) is 42.5 Å². The molecule has 3 rings (SSSR count). The molecule has 0 spiro atoms. The number of carbonyl (C=O) groups excluding carboxylic acids is 1. The summed E-state index contributed by atoms with van der Waals surface area (Å²) in [7, 11) is 0. The van der Waals surface area contributed by atoms with Crippen LogP contribution in [0.3, 0.4) is 0 Å². The lowest BCUT2D eigenvalue weighted by Crippen LogP contribution is -2.33. The minimum absolute atomic E-state index is 0.117. The fourth-order valence-electron chi connectivity index (χ4n) is 3.39. The topological polar surface area (TPSA) is 38.1 Å². The molecule has 0 aliphatic carbocycles. The number of nitrogens with zero attached hydrogens (tertiary/aromatic N) is 3. The highest BCUT2D eigenvalue weighted by atomic mass is 35.5. The Balaban J connectivity index is 1.97. The molecular formula is C23H27Cl2N3O. The van der Waals surface area contributed by atoms with Crippen LogP contribution in [0, 0.1) is 5.92 Å². The van der Waals surface area contributed by atoms with Gasteiger partial charge in [-0.2, -0.15) is 0 Å². The quantitative estimate of drug-likeness (QED) is 0.411. The van der Waals surface area contributed by atoms with E-state index in [1.54, 1.807) is 18.2 Å². The number of fused-ring (bicyclic) bond motifs is 1. The lowest BCUT2D eigenvalue weighted by Gasteiger charge is -2.24. The molecule has 0 radical (unpaired) electrons. The normalized spacial score (nSPS) is 11.4. The van der Waals surface area contributed by atoms with Crippen molar-refractivity contribution in [3.8, 4) is 0 Å². The predicted molar refractivity (Wildman–Crippen MR) is 121 cm³/mol. The predicted octanol–water partition coefficient (Wildman–Crippen LogP) is 6.44. The van der Waals surface area contributed by atoms with Crippen LogP contribution < -0.4 is 0 Å². The Bertz CT molecular complexity index is 997. The fraction of sp³-hybridized carbons (Fsp3) is 0.391. The van der Waals surface area contributed by atoms with Crippen LogP contribution in [0.1, 0.15) is 49.8 Å². The van der Waals surface area contributed by atoms with E-state index in [9.17, 15) is 4.79 Å². The first kappa shape index (κ1) is 21.7. The summed E-state index contributed by atoms with van der Waals surface area (Å²) in [5, 5.41) is 0.913. The molecule has 2 aromatic carbocycles. The maximum Gasteiger partial charge on any atom is 0.255 e. The molecule has 0 aliphatic rings. The second-order valence-electron chi connectivity index (χ2n) is 7.70. The van der Waals surface area contributed by atoms with Crippen molar-refractivity contribution in [1.82, 2.24) is 14.5 Å². The van der Waals surface area contributed by atoms with Crippen LogP contribution in [0.4, 0.5) is 0 Å². The Hall–Kier alpha value is -2.04. The second-order valence-corrected chi connectivity index (χ2v) is 8.55. The van der Waals surface area contributed by atoms with E-state index in [0.29, 0.717) is 34.6 Å². The van der Waals surface area contributed by atoms with Crippen LogP contribution in [0.25, 0.3) is 11.0 Å². The van der Waals surface area contributed by atoms with Gasteiger partial charge >= 0.3 is 0 Å². The number of rotatable bonds is 8. The van der Waals surface area contributed by atoms with Crippen LogP contribution >= 0.6 is 23.2 Å². The molecule has 1 heterocycles. The SMILES string of the molecule is CCCn1c(CN(CCC(C)C)C(=O)c2cc(Cl)ccc2Cl)nc2ccccc21. The zero-order chi connectivity index (χ0) is 21.0. The Morgan fingerprint density at radius 2 is 1.93 bits per heavy atom. The van der Waals surface area contributed by atoms with Crippen molar-refractivity contribution in [1.29, 1.82) is 0 Å². The maximum absolute atomic E-state index is 13.4. The van der Waals surface area contributed by atoms with Gasteiger partial charge < -0.3 is 9.47 Å². The minimum Gasteiger partial charge on any atom is -0.331 e. The summed E-state index contributed by atoms with van der Waals surface area (Å²) in [6, 6.07) is 13.1. The van der Waals surface area contributed by atoms with Crippen LogP contribution in [-0.2, 0) is 13.1 Å². The van der Waals surface area contributed by atoms with Crippen LogP contribution in [0.5, 0.6) is 0 Å². The zero-order valence-corrected chi connectivity index (χ0v) is 18.7. The Labute approximate surface area is 182 Å². The number of hydrogen-bond acceptors (Lipinski definition) is 2. The number of para-hydroxylation sites is 2. The number of carbonyl (C=O) groups is 1. The molecule has 0 N–H and O–H groups in total. The molecule has 154 valence electrons. The summed E-state index contributed by atoms with van der Waals surface area (Å²) >= 11 is 12.4. The van der Waals surface area contributed by atoms with E-state index in [-0.39, 0.29) is 5.91 Å². The lowest BCUT2D eigenvalue weighted by molar-refractivity contribution is 0.0729. The number of aryl methyl sites for hydroxylation is 1. The monoisotopic (exact) mass is 431 g/mol. The molecule has 3 aromatic rings. The summed E-state index contributed by atoms with van der Waals surface area (Å²) in [5.74, 6) is 1.26. The van der Waals surface area contributed by atoms with Gasteiger partial charge in [0.25, 0.3) is 5.91 Å². The average Bonchev–Trinajstić information content (AvgIpc) is 3.04. The molecule has 29 heavy (non-hydrogen) atoms. The Morgan fingerprint density at radius 1 is 1.17 bits per heavy atom. The van der Waals surface area contributed by atoms with Crippen molar-refractivity contribution in [3.63, 3.8) is 0 Å². The third kappa shape index (κ3) is 5.12. The summed E-state index contributed by atoms with van der Waals surface area (Å²) in [4.78, 5) is 20.0. The van der Waals surface area contributed by atoms with Gasteiger partial charge in [0.05, 0.1) is 28.2 Å². The number of amides is 1. The number of benzene rings is 2.